The van der Waals surface area contributed by atoms with Crippen LogP contribution in [0.2, 0.25) is 0 Å². The number of rotatable bonds is 7. The van der Waals surface area contributed by atoms with Gasteiger partial charge in [0.05, 0.1) is 4.90 Å². The van der Waals surface area contributed by atoms with Gasteiger partial charge in [0, 0.05) is 19.0 Å². The van der Waals surface area contributed by atoms with Crippen LogP contribution in [0.5, 0.6) is 0 Å². The van der Waals surface area contributed by atoms with Crippen molar-refractivity contribution in [1.29, 1.82) is 0 Å². The summed E-state index contributed by atoms with van der Waals surface area (Å²) in [5, 5.41) is 9.26. The van der Waals surface area contributed by atoms with E-state index in [1.54, 1.807) is 24.3 Å². The predicted molar refractivity (Wildman–Crippen MR) is 95.1 cm³/mol. The van der Waals surface area contributed by atoms with E-state index in [1.165, 1.54) is 4.90 Å². The average Bonchev–Trinajstić information content (AvgIpc) is 3.43. The van der Waals surface area contributed by atoms with Crippen LogP contribution in [-0.4, -0.2) is 48.9 Å². The van der Waals surface area contributed by atoms with Crippen LogP contribution in [-0.2, 0) is 26.0 Å². The lowest BCUT2D eigenvalue weighted by Gasteiger charge is -2.33. The topological polar surface area (TPSA) is 104 Å². The average molecular weight is 380 g/mol. The number of likely N-dealkylation sites (tertiary alicyclic amines) is 1. The van der Waals surface area contributed by atoms with E-state index in [1.807, 2.05) is 0 Å². The normalized spacial score (nSPS) is 20.8. The minimum absolute atomic E-state index is 0.0593. The Labute approximate surface area is 153 Å². The molecule has 1 aromatic rings. The number of aryl methyl sites for hydroxylation is 1. The number of amides is 1. The van der Waals surface area contributed by atoms with Gasteiger partial charge in [0.2, 0.25) is 15.9 Å². The molecular formula is C18H24N2O5S. The summed E-state index contributed by atoms with van der Waals surface area (Å²) in [6.07, 6.45) is 4.60. The van der Waals surface area contributed by atoms with Gasteiger partial charge in [-0.3, -0.25) is 4.79 Å². The third-order valence-electron chi connectivity index (χ3n) is 4.87. The molecule has 0 bridgehead atoms. The van der Waals surface area contributed by atoms with Gasteiger partial charge in [0.15, 0.2) is 0 Å². The standard InChI is InChI=1S/C18H24N2O5S/c21-17(20-12-2-1-3-16(20)18(22)23)11-6-13-4-9-15(10-5-13)26(24,25)19-14-7-8-14/h4-5,9-10,14,16,19H,1-3,6-8,11-12H2,(H,22,23)/t16-/m1/s1. The Morgan fingerprint density at radius 3 is 2.42 bits per heavy atom. The molecule has 1 aliphatic carbocycles. The Balaban J connectivity index is 1.57. The number of hydrogen-bond donors (Lipinski definition) is 2. The zero-order valence-corrected chi connectivity index (χ0v) is 15.4. The maximum Gasteiger partial charge on any atom is 0.326 e. The molecule has 7 nitrogen and oxygen atoms in total. The number of benzene rings is 1. The monoisotopic (exact) mass is 380 g/mol. The van der Waals surface area contributed by atoms with E-state index in [-0.39, 0.29) is 23.3 Å². The lowest BCUT2D eigenvalue weighted by Crippen LogP contribution is -2.48. The van der Waals surface area contributed by atoms with Crippen molar-refractivity contribution in [3.63, 3.8) is 0 Å². The van der Waals surface area contributed by atoms with Crippen LogP contribution in [0.15, 0.2) is 29.2 Å². The van der Waals surface area contributed by atoms with Crippen molar-refractivity contribution in [3.8, 4) is 0 Å². The second-order valence-corrected chi connectivity index (χ2v) is 8.69. The molecule has 1 amide bonds. The molecule has 1 aromatic carbocycles. The molecule has 1 saturated carbocycles. The number of nitrogens with zero attached hydrogens (tertiary/aromatic N) is 1. The summed E-state index contributed by atoms with van der Waals surface area (Å²) < 4.78 is 26.9. The first kappa shape index (κ1) is 18.8. The zero-order valence-electron chi connectivity index (χ0n) is 14.6. The lowest BCUT2D eigenvalue weighted by atomic mass is 10.0. The van der Waals surface area contributed by atoms with Crippen molar-refractivity contribution in [2.24, 2.45) is 0 Å². The van der Waals surface area contributed by atoms with E-state index in [0.717, 1.165) is 31.2 Å². The van der Waals surface area contributed by atoms with Crippen molar-refractivity contribution in [1.82, 2.24) is 9.62 Å². The second-order valence-electron chi connectivity index (χ2n) is 6.98. The van der Waals surface area contributed by atoms with Crippen LogP contribution in [0, 0.1) is 0 Å². The van der Waals surface area contributed by atoms with Gasteiger partial charge >= 0.3 is 5.97 Å². The minimum Gasteiger partial charge on any atom is -0.480 e. The first-order chi connectivity index (χ1) is 12.4. The molecule has 2 aliphatic rings. The van der Waals surface area contributed by atoms with Gasteiger partial charge in [-0.1, -0.05) is 12.1 Å². The summed E-state index contributed by atoms with van der Waals surface area (Å²) in [5.74, 6) is -1.11. The summed E-state index contributed by atoms with van der Waals surface area (Å²) in [6.45, 7) is 0.486. The maximum absolute atomic E-state index is 12.4. The number of aliphatic carboxylic acids is 1. The first-order valence-electron chi connectivity index (χ1n) is 9.00. The van der Waals surface area contributed by atoms with E-state index in [2.05, 4.69) is 4.72 Å². The summed E-state index contributed by atoms with van der Waals surface area (Å²) in [4.78, 5) is 25.4. The van der Waals surface area contributed by atoms with Gasteiger partial charge in [-0.15, -0.1) is 0 Å². The molecule has 0 spiro atoms. The molecule has 0 unspecified atom stereocenters. The lowest BCUT2D eigenvalue weighted by molar-refractivity contribution is -0.152. The van der Waals surface area contributed by atoms with Crippen molar-refractivity contribution in [2.45, 2.75) is 61.9 Å². The number of carboxylic acid groups (broad SMARTS) is 1. The number of sulfonamides is 1. The molecule has 1 heterocycles. The quantitative estimate of drug-likeness (QED) is 0.746. The van der Waals surface area contributed by atoms with Crippen molar-refractivity contribution in [2.75, 3.05) is 6.54 Å². The molecule has 1 atom stereocenters. The molecule has 26 heavy (non-hydrogen) atoms. The smallest absolute Gasteiger partial charge is 0.326 e. The molecule has 1 aliphatic heterocycles. The van der Waals surface area contributed by atoms with Crippen LogP contribution in [0.1, 0.15) is 44.1 Å². The summed E-state index contributed by atoms with van der Waals surface area (Å²) in [7, 11) is -3.47. The summed E-state index contributed by atoms with van der Waals surface area (Å²) in [6, 6.07) is 5.84. The number of carbonyl (C=O) groups is 2. The molecule has 0 radical (unpaired) electrons. The van der Waals surface area contributed by atoms with Crippen LogP contribution in [0.4, 0.5) is 0 Å². The van der Waals surface area contributed by atoms with E-state index in [4.69, 9.17) is 0 Å². The fraction of sp³-hybridized carbons (Fsp3) is 0.556. The van der Waals surface area contributed by atoms with E-state index < -0.39 is 22.0 Å². The third-order valence-corrected chi connectivity index (χ3v) is 6.40. The zero-order chi connectivity index (χ0) is 18.7. The molecule has 8 heteroatoms. The predicted octanol–water partition coefficient (Wildman–Crippen LogP) is 1.53. The Morgan fingerprint density at radius 2 is 1.81 bits per heavy atom. The molecular weight excluding hydrogens is 356 g/mol. The number of carboxylic acids is 1. The molecule has 1 saturated heterocycles. The highest BCUT2D eigenvalue weighted by molar-refractivity contribution is 7.89. The van der Waals surface area contributed by atoms with Gasteiger partial charge in [-0.25, -0.2) is 17.9 Å². The van der Waals surface area contributed by atoms with Crippen LogP contribution >= 0.6 is 0 Å². The first-order valence-corrected chi connectivity index (χ1v) is 10.5. The number of hydrogen-bond acceptors (Lipinski definition) is 4. The fourth-order valence-corrected chi connectivity index (χ4v) is 4.51. The second kappa shape index (κ2) is 7.75. The molecule has 142 valence electrons. The van der Waals surface area contributed by atoms with Crippen LogP contribution in [0.25, 0.3) is 0 Å². The number of carbonyl (C=O) groups excluding carboxylic acids is 1. The van der Waals surface area contributed by atoms with E-state index >= 15 is 0 Å². The van der Waals surface area contributed by atoms with Gasteiger partial charge < -0.3 is 10.0 Å². The highest BCUT2D eigenvalue weighted by atomic mass is 32.2. The SMILES string of the molecule is O=C(O)[C@H]1CCCCN1C(=O)CCc1ccc(S(=O)(=O)NC2CC2)cc1. The molecule has 0 aromatic heterocycles. The van der Waals surface area contributed by atoms with Crippen molar-refractivity contribution >= 4 is 21.9 Å². The maximum atomic E-state index is 12.4. The van der Waals surface area contributed by atoms with Crippen molar-refractivity contribution < 1.29 is 23.1 Å². The van der Waals surface area contributed by atoms with Gasteiger partial charge in [0.1, 0.15) is 6.04 Å². The summed E-state index contributed by atoms with van der Waals surface area (Å²) >= 11 is 0. The fourth-order valence-electron chi connectivity index (χ4n) is 3.21. The highest BCUT2D eigenvalue weighted by Gasteiger charge is 2.31. The Bertz CT molecular complexity index is 771. The molecule has 3 rings (SSSR count). The van der Waals surface area contributed by atoms with Crippen LogP contribution in [0.3, 0.4) is 0 Å². The highest BCUT2D eigenvalue weighted by Crippen LogP contribution is 2.23. The molecule has 2 fully saturated rings. The number of nitrogens with one attached hydrogen (secondary N) is 1. The molecule has 2 N–H and O–H groups in total. The third kappa shape index (κ3) is 4.62. The van der Waals surface area contributed by atoms with E-state index in [0.29, 0.717) is 19.4 Å². The number of piperidine rings is 1. The van der Waals surface area contributed by atoms with Crippen LogP contribution < -0.4 is 4.72 Å². The van der Waals surface area contributed by atoms with Gasteiger partial charge in [0.25, 0.3) is 0 Å². The Hall–Kier alpha value is -1.93. The summed E-state index contributed by atoms with van der Waals surface area (Å²) in [5.41, 5.74) is 0.854. The van der Waals surface area contributed by atoms with Crippen molar-refractivity contribution in [3.05, 3.63) is 29.8 Å². The Morgan fingerprint density at radius 1 is 1.12 bits per heavy atom. The largest absolute Gasteiger partial charge is 0.480 e. The minimum atomic E-state index is -3.47. The van der Waals surface area contributed by atoms with Gasteiger partial charge in [-0.05, 0) is 56.2 Å². The van der Waals surface area contributed by atoms with Gasteiger partial charge in [-0.2, -0.15) is 0 Å². The van der Waals surface area contributed by atoms with E-state index in [9.17, 15) is 23.1 Å². The Kier molecular flexibility index (Phi) is 5.62.